The number of thiazole rings is 1. The average molecular weight is 387 g/mol. The molecule has 0 fully saturated rings. The van der Waals surface area contributed by atoms with Gasteiger partial charge in [-0.1, -0.05) is 0 Å². The van der Waals surface area contributed by atoms with E-state index >= 15 is 0 Å². The van der Waals surface area contributed by atoms with Crippen molar-refractivity contribution in [3.05, 3.63) is 75.9 Å². The Kier molecular flexibility index (Phi) is 3.77. The van der Waals surface area contributed by atoms with Gasteiger partial charge in [0.2, 0.25) is 0 Å². The molecule has 0 saturated carbocycles. The van der Waals surface area contributed by atoms with Gasteiger partial charge in [0, 0.05) is 41.1 Å². The molecular formula is C21H17N5OS. The maximum atomic E-state index is 12.5. The Balaban J connectivity index is 1.83. The van der Waals surface area contributed by atoms with Gasteiger partial charge in [0.15, 0.2) is 0 Å². The number of benzene rings is 1. The van der Waals surface area contributed by atoms with E-state index in [-0.39, 0.29) is 5.56 Å². The first-order valence-electron chi connectivity index (χ1n) is 8.86. The van der Waals surface area contributed by atoms with Crippen LogP contribution < -0.4 is 11.3 Å². The quantitative estimate of drug-likeness (QED) is 0.491. The predicted octanol–water partition coefficient (Wildman–Crippen LogP) is 3.94. The van der Waals surface area contributed by atoms with Crippen molar-refractivity contribution in [1.29, 1.82) is 0 Å². The lowest BCUT2D eigenvalue weighted by atomic mass is 10.0. The lowest BCUT2D eigenvalue weighted by molar-refractivity contribution is 0.805. The van der Waals surface area contributed by atoms with Crippen LogP contribution in [-0.2, 0) is 6.54 Å². The lowest BCUT2D eigenvalue weighted by Crippen LogP contribution is -2.08. The van der Waals surface area contributed by atoms with E-state index in [1.807, 2.05) is 36.7 Å². The van der Waals surface area contributed by atoms with Crippen LogP contribution in [0.3, 0.4) is 0 Å². The third kappa shape index (κ3) is 2.59. The van der Waals surface area contributed by atoms with E-state index in [2.05, 4.69) is 31.7 Å². The van der Waals surface area contributed by atoms with Gasteiger partial charge < -0.3 is 15.3 Å². The highest BCUT2D eigenvalue weighted by Gasteiger charge is 2.19. The van der Waals surface area contributed by atoms with Gasteiger partial charge in [0.05, 0.1) is 21.2 Å². The van der Waals surface area contributed by atoms with Crippen molar-refractivity contribution in [2.24, 2.45) is 0 Å². The van der Waals surface area contributed by atoms with Crippen LogP contribution in [0.25, 0.3) is 32.2 Å². The number of hydrogen-bond donors (Lipinski definition) is 2. The standard InChI is InChI=1S/C21H17N5OS/c1-12-20(14-3-2-5-24-21(14)27)15-8-18-16(25-11-28-18)9-17(15)26(12)10-13-4-6-23-19(22)7-13/h2-9,11H,10H2,1H3,(H2,22,23)(H,24,27). The fourth-order valence-corrected chi connectivity index (χ4v) is 4.46. The van der Waals surface area contributed by atoms with Crippen molar-refractivity contribution in [1.82, 2.24) is 19.5 Å². The summed E-state index contributed by atoms with van der Waals surface area (Å²) in [4.78, 5) is 23.9. The third-order valence-electron chi connectivity index (χ3n) is 5.05. The molecule has 6 nitrogen and oxygen atoms in total. The molecule has 0 aliphatic carbocycles. The summed E-state index contributed by atoms with van der Waals surface area (Å²) in [6.45, 7) is 2.68. The molecule has 1 aromatic carbocycles. The first kappa shape index (κ1) is 16.7. The van der Waals surface area contributed by atoms with E-state index in [1.165, 1.54) is 0 Å². The molecular weight excluding hydrogens is 370 g/mol. The summed E-state index contributed by atoms with van der Waals surface area (Å²) in [7, 11) is 0. The normalized spacial score (nSPS) is 11.5. The Hall–Kier alpha value is -3.45. The Bertz CT molecular complexity index is 1400. The largest absolute Gasteiger partial charge is 0.384 e. The minimum atomic E-state index is -0.0952. The number of aromatic nitrogens is 4. The minimum absolute atomic E-state index is 0.0952. The number of H-pyrrole nitrogens is 1. The van der Waals surface area contributed by atoms with Gasteiger partial charge in [0.25, 0.3) is 5.56 Å². The summed E-state index contributed by atoms with van der Waals surface area (Å²) in [5.74, 6) is 0.494. The summed E-state index contributed by atoms with van der Waals surface area (Å²) in [5.41, 5.74) is 13.3. The van der Waals surface area contributed by atoms with Crippen LogP contribution in [0.1, 0.15) is 11.3 Å². The Morgan fingerprint density at radius 1 is 1.21 bits per heavy atom. The van der Waals surface area contributed by atoms with E-state index in [4.69, 9.17) is 5.73 Å². The second-order valence-corrected chi connectivity index (χ2v) is 7.62. The molecule has 0 aliphatic heterocycles. The first-order chi connectivity index (χ1) is 13.6. The molecule has 0 spiro atoms. The molecule has 0 atom stereocenters. The third-order valence-corrected chi connectivity index (χ3v) is 5.84. The number of rotatable bonds is 3. The van der Waals surface area contributed by atoms with Crippen LogP contribution in [0, 0.1) is 6.92 Å². The maximum Gasteiger partial charge on any atom is 0.255 e. The van der Waals surface area contributed by atoms with Crippen molar-refractivity contribution < 1.29 is 0 Å². The topological polar surface area (TPSA) is 89.6 Å². The van der Waals surface area contributed by atoms with Crippen molar-refractivity contribution in [2.45, 2.75) is 13.5 Å². The maximum absolute atomic E-state index is 12.5. The molecule has 0 radical (unpaired) electrons. The van der Waals surface area contributed by atoms with Gasteiger partial charge in [-0.3, -0.25) is 4.79 Å². The zero-order valence-electron chi connectivity index (χ0n) is 15.1. The molecule has 0 saturated heterocycles. The smallest absolute Gasteiger partial charge is 0.255 e. The van der Waals surface area contributed by atoms with Gasteiger partial charge in [-0.15, -0.1) is 11.3 Å². The van der Waals surface area contributed by atoms with Crippen LogP contribution in [0.2, 0.25) is 0 Å². The van der Waals surface area contributed by atoms with Gasteiger partial charge >= 0.3 is 0 Å². The number of fused-ring (bicyclic) bond motifs is 2. The van der Waals surface area contributed by atoms with Crippen molar-refractivity contribution in [3.63, 3.8) is 0 Å². The molecule has 0 aliphatic rings. The first-order valence-corrected chi connectivity index (χ1v) is 9.74. The van der Waals surface area contributed by atoms with Crippen molar-refractivity contribution in [2.75, 3.05) is 5.73 Å². The molecule has 138 valence electrons. The van der Waals surface area contributed by atoms with Gasteiger partial charge in [-0.05, 0) is 48.9 Å². The van der Waals surface area contributed by atoms with Crippen molar-refractivity contribution in [3.8, 4) is 11.1 Å². The highest BCUT2D eigenvalue weighted by molar-refractivity contribution is 7.16. The number of aromatic amines is 1. The number of pyridine rings is 2. The van der Waals surface area contributed by atoms with E-state index in [1.54, 1.807) is 23.7 Å². The number of nitrogens with zero attached hydrogens (tertiary/aromatic N) is 3. The molecule has 0 unspecified atom stereocenters. The van der Waals surface area contributed by atoms with Gasteiger partial charge in [-0.2, -0.15) is 0 Å². The van der Waals surface area contributed by atoms with Crippen LogP contribution in [0.4, 0.5) is 5.82 Å². The van der Waals surface area contributed by atoms with E-state index in [9.17, 15) is 4.79 Å². The second-order valence-electron chi connectivity index (χ2n) is 6.74. The average Bonchev–Trinajstić information content (AvgIpc) is 3.24. The molecule has 0 amide bonds. The van der Waals surface area contributed by atoms with Crippen molar-refractivity contribution >= 4 is 38.3 Å². The fourth-order valence-electron chi connectivity index (χ4n) is 3.76. The summed E-state index contributed by atoms with van der Waals surface area (Å²) < 4.78 is 3.32. The fraction of sp³-hybridized carbons (Fsp3) is 0.0952. The number of anilines is 1. The molecule has 7 heteroatoms. The van der Waals surface area contributed by atoms with Gasteiger partial charge in [0.1, 0.15) is 5.82 Å². The van der Waals surface area contributed by atoms with Crippen LogP contribution >= 0.6 is 11.3 Å². The molecule has 0 bridgehead atoms. The highest BCUT2D eigenvalue weighted by atomic mass is 32.1. The summed E-state index contributed by atoms with van der Waals surface area (Å²) in [5, 5.41) is 1.05. The summed E-state index contributed by atoms with van der Waals surface area (Å²) in [6, 6.07) is 11.8. The van der Waals surface area contributed by atoms with Crippen LogP contribution in [-0.4, -0.2) is 19.5 Å². The van der Waals surface area contributed by atoms with Crippen LogP contribution in [0.5, 0.6) is 0 Å². The molecule has 3 N–H and O–H groups in total. The molecule has 4 aromatic heterocycles. The number of hydrogen-bond acceptors (Lipinski definition) is 5. The SMILES string of the molecule is Cc1c(-c2ccc[nH]c2=O)c2cc3scnc3cc2n1Cc1ccnc(N)c1. The number of nitrogens with two attached hydrogens (primary N) is 1. The van der Waals surface area contributed by atoms with E-state index in [0.717, 1.165) is 37.9 Å². The molecule has 5 aromatic rings. The van der Waals surface area contributed by atoms with Crippen LogP contribution in [0.15, 0.2) is 59.1 Å². The zero-order valence-corrected chi connectivity index (χ0v) is 16.0. The van der Waals surface area contributed by atoms with Gasteiger partial charge in [-0.25, -0.2) is 9.97 Å². The monoisotopic (exact) mass is 387 g/mol. The van der Waals surface area contributed by atoms with E-state index in [0.29, 0.717) is 17.9 Å². The molecule has 5 rings (SSSR count). The molecule has 4 heterocycles. The predicted molar refractivity (Wildman–Crippen MR) is 114 cm³/mol. The Morgan fingerprint density at radius 3 is 2.93 bits per heavy atom. The Morgan fingerprint density at radius 2 is 2.11 bits per heavy atom. The number of nitrogens with one attached hydrogen (secondary N) is 1. The number of nitrogen functional groups attached to an aromatic ring is 1. The Labute approximate surface area is 164 Å². The summed E-state index contributed by atoms with van der Waals surface area (Å²) in [6.07, 6.45) is 3.37. The zero-order chi connectivity index (χ0) is 19.3. The summed E-state index contributed by atoms with van der Waals surface area (Å²) >= 11 is 1.60. The molecule has 28 heavy (non-hydrogen) atoms. The lowest BCUT2D eigenvalue weighted by Gasteiger charge is -2.09. The second kappa shape index (κ2) is 6.31. The minimum Gasteiger partial charge on any atom is -0.384 e. The highest BCUT2D eigenvalue weighted by Crippen LogP contribution is 2.36. The van der Waals surface area contributed by atoms with E-state index < -0.39 is 0 Å².